The predicted octanol–water partition coefficient (Wildman–Crippen LogP) is 2.06. The minimum Gasteiger partial charge on any atom is -0.480 e. The Morgan fingerprint density at radius 2 is 2.04 bits per heavy atom. The Kier molecular flexibility index (Phi) is 4.81. The van der Waals surface area contributed by atoms with Gasteiger partial charge in [-0.25, -0.2) is 0 Å². The molecule has 2 atom stereocenters. The fraction of sp³-hybridized carbons (Fsp3) is 0.333. The number of carbonyl (C=O) groups is 2. The summed E-state index contributed by atoms with van der Waals surface area (Å²) >= 11 is 0. The number of nitrogens with one attached hydrogen (secondary N) is 2. The number of rotatable bonds is 4. The Labute approximate surface area is 158 Å². The van der Waals surface area contributed by atoms with Crippen LogP contribution in [-0.4, -0.2) is 49.0 Å². The zero-order valence-electron chi connectivity index (χ0n) is 15.3. The summed E-state index contributed by atoms with van der Waals surface area (Å²) in [6, 6.07) is 15.0. The first-order valence-corrected chi connectivity index (χ1v) is 9.25. The van der Waals surface area contributed by atoms with E-state index in [0.717, 1.165) is 30.8 Å². The second-order valence-electron chi connectivity index (χ2n) is 7.05. The zero-order chi connectivity index (χ0) is 18.8. The predicted molar refractivity (Wildman–Crippen MR) is 103 cm³/mol. The lowest BCUT2D eigenvalue weighted by Crippen LogP contribution is -2.38. The molecule has 2 amide bonds. The molecule has 2 aliphatic heterocycles. The minimum absolute atomic E-state index is 0.0377. The molecule has 0 saturated carbocycles. The lowest BCUT2D eigenvalue weighted by atomic mass is 10.1. The molecule has 2 heterocycles. The summed E-state index contributed by atoms with van der Waals surface area (Å²) in [5, 5.41) is 6.15. The van der Waals surface area contributed by atoms with Gasteiger partial charge in [0.2, 0.25) is 0 Å². The number of ether oxygens (including phenoxy) is 1. The number of para-hydroxylation sites is 1. The average Bonchev–Trinajstić information content (AvgIpc) is 3.36. The second kappa shape index (κ2) is 7.40. The Morgan fingerprint density at radius 3 is 2.81 bits per heavy atom. The van der Waals surface area contributed by atoms with Crippen molar-refractivity contribution in [2.24, 2.45) is 0 Å². The lowest BCUT2D eigenvalue weighted by Gasteiger charge is -2.24. The summed E-state index contributed by atoms with van der Waals surface area (Å²) < 4.78 is 5.73. The largest absolute Gasteiger partial charge is 0.480 e. The Bertz CT molecular complexity index is 836. The van der Waals surface area contributed by atoms with Crippen LogP contribution in [-0.2, 0) is 11.2 Å². The number of fused-ring (bicyclic) bond motifs is 1. The van der Waals surface area contributed by atoms with Crippen molar-refractivity contribution in [1.82, 2.24) is 10.2 Å². The van der Waals surface area contributed by atoms with Crippen LogP contribution in [0.15, 0.2) is 48.5 Å². The number of nitrogens with zero attached hydrogens (tertiary/aromatic N) is 1. The third-order valence-corrected chi connectivity index (χ3v) is 5.22. The van der Waals surface area contributed by atoms with Gasteiger partial charge in [-0.1, -0.05) is 24.3 Å². The van der Waals surface area contributed by atoms with Crippen molar-refractivity contribution in [3.8, 4) is 5.75 Å². The molecule has 2 unspecified atom stereocenters. The molecule has 0 bridgehead atoms. The fourth-order valence-corrected chi connectivity index (χ4v) is 3.62. The van der Waals surface area contributed by atoms with Gasteiger partial charge in [0.05, 0.1) is 0 Å². The molecule has 27 heavy (non-hydrogen) atoms. The molecule has 2 N–H and O–H groups in total. The van der Waals surface area contributed by atoms with Gasteiger partial charge in [0, 0.05) is 37.3 Å². The van der Waals surface area contributed by atoms with Gasteiger partial charge < -0.3 is 20.3 Å². The van der Waals surface area contributed by atoms with Crippen molar-refractivity contribution in [1.29, 1.82) is 0 Å². The summed E-state index contributed by atoms with van der Waals surface area (Å²) in [6.45, 7) is 1.75. The highest BCUT2D eigenvalue weighted by Gasteiger charge is 2.29. The molecule has 0 aromatic heterocycles. The highest BCUT2D eigenvalue weighted by atomic mass is 16.5. The number of carbonyl (C=O) groups excluding carboxylic acids is 2. The topological polar surface area (TPSA) is 70.7 Å². The molecular formula is C21H23N3O3. The van der Waals surface area contributed by atoms with E-state index in [1.54, 1.807) is 29.2 Å². The molecule has 0 spiro atoms. The van der Waals surface area contributed by atoms with Crippen molar-refractivity contribution in [2.75, 3.05) is 25.5 Å². The molecular weight excluding hydrogens is 342 g/mol. The third kappa shape index (κ3) is 3.66. The maximum absolute atomic E-state index is 12.7. The van der Waals surface area contributed by atoms with Gasteiger partial charge in [-0.2, -0.15) is 0 Å². The monoisotopic (exact) mass is 365 g/mol. The van der Waals surface area contributed by atoms with E-state index in [4.69, 9.17) is 4.74 Å². The van der Waals surface area contributed by atoms with E-state index in [1.807, 2.05) is 31.3 Å². The standard InChI is InChI=1S/C21H23N3O3/c1-24(17-9-10-22-13-17)21(26)15-6-4-7-16(11-15)23-20(25)19-12-14-5-2-3-8-18(14)27-19/h2-8,11,17,19,22H,9-10,12-13H2,1H3,(H,23,25). The molecule has 0 aliphatic carbocycles. The van der Waals surface area contributed by atoms with Crippen molar-refractivity contribution in [2.45, 2.75) is 25.0 Å². The van der Waals surface area contributed by atoms with Crippen LogP contribution in [0.25, 0.3) is 0 Å². The fourth-order valence-electron chi connectivity index (χ4n) is 3.62. The van der Waals surface area contributed by atoms with Crippen LogP contribution in [0.1, 0.15) is 22.3 Å². The molecule has 1 saturated heterocycles. The number of benzene rings is 2. The second-order valence-corrected chi connectivity index (χ2v) is 7.05. The van der Waals surface area contributed by atoms with Crippen LogP contribution in [0.4, 0.5) is 5.69 Å². The van der Waals surface area contributed by atoms with Crippen LogP contribution >= 0.6 is 0 Å². The van der Waals surface area contributed by atoms with Gasteiger partial charge >= 0.3 is 0 Å². The van der Waals surface area contributed by atoms with E-state index in [1.165, 1.54) is 0 Å². The molecule has 0 radical (unpaired) electrons. The number of hydrogen-bond donors (Lipinski definition) is 2. The Hall–Kier alpha value is -2.86. The Morgan fingerprint density at radius 1 is 1.19 bits per heavy atom. The number of amides is 2. The van der Waals surface area contributed by atoms with Crippen LogP contribution in [0, 0.1) is 0 Å². The average molecular weight is 365 g/mol. The summed E-state index contributed by atoms with van der Waals surface area (Å²) in [5.74, 6) is 0.516. The van der Waals surface area contributed by atoms with Gasteiger partial charge in [-0.3, -0.25) is 9.59 Å². The highest BCUT2D eigenvalue weighted by molar-refractivity contribution is 5.98. The first kappa shape index (κ1) is 17.5. The third-order valence-electron chi connectivity index (χ3n) is 5.22. The molecule has 2 aromatic rings. The normalized spacial score (nSPS) is 20.6. The molecule has 140 valence electrons. The van der Waals surface area contributed by atoms with E-state index in [-0.39, 0.29) is 17.9 Å². The first-order valence-electron chi connectivity index (χ1n) is 9.25. The molecule has 1 fully saturated rings. The number of hydrogen-bond acceptors (Lipinski definition) is 4. The molecule has 2 aromatic carbocycles. The van der Waals surface area contributed by atoms with Gasteiger partial charge in [0.15, 0.2) is 6.10 Å². The summed E-state index contributed by atoms with van der Waals surface area (Å²) in [5.41, 5.74) is 2.20. The number of likely N-dealkylation sites (N-methyl/N-ethyl adjacent to an activating group) is 1. The Balaban J connectivity index is 1.42. The van der Waals surface area contributed by atoms with Crippen molar-refractivity contribution >= 4 is 17.5 Å². The molecule has 2 aliphatic rings. The van der Waals surface area contributed by atoms with E-state index >= 15 is 0 Å². The van der Waals surface area contributed by atoms with Gasteiger partial charge in [0.25, 0.3) is 11.8 Å². The molecule has 6 heteroatoms. The quantitative estimate of drug-likeness (QED) is 0.870. The van der Waals surface area contributed by atoms with Crippen LogP contribution in [0.3, 0.4) is 0 Å². The SMILES string of the molecule is CN(C(=O)c1cccc(NC(=O)C2Cc3ccccc3O2)c1)C1CCNC1. The summed E-state index contributed by atoms with van der Waals surface area (Å²) in [6.07, 6.45) is 0.963. The van der Waals surface area contributed by atoms with Crippen LogP contribution in [0.2, 0.25) is 0 Å². The van der Waals surface area contributed by atoms with Crippen LogP contribution < -0.4 is 15.4 Å². The lowest BCUT2D eigenvalue weighted by molar-refractivity contribution is -0.122. The van der Waals surface area contributed by atoms with E-state index in [0.29, 0.717) is 17.7 Å². The first-order chi connectivity index (χ1) is 13.1. The smallest absolute Gasteiger partial charge is 0.265 e. The van der Waals surface area contributed by atoms with E-state index < -0.39 is 6.10 Å². The van der Waals surface area contributed by atoms with Crippen molar-refractivity contribution in [3.05, 3.63) is 59.7 Å². The van der Waals surface area contributed by atoms with Gasteiger partial charge in [0.1, 0.15) is 5.75 Å². The van der Waals surface area contributed by atoms with Crippen molar-refractivity contribution in [3.63, 3.8) is 0 Å². The van der Waals surface area contributed by atoms with E-state index in [2.05, 4.69) is 10.6 Å². The molecule has 4 rings (SSSR count). The minimum atomic E-state index is -0.547. The summed E-state index contributed by atoms with van der Waals surface area (Å²) in [7, 11) is 1.83. The van der Waals surface area contributed by atoms with Crippen molar-refractivity contribution < 1.29 is 14.3 Å². The van der Waals surface area contributed by atoms with Gasteiger partial charge in [-0.05, 0) is 42.8 Å². The summed E-state index contributed by atoms with van der Waals surface area (Å²) in [4.78, 5) is 27.1. The number of anilines is 1. The van der Waals surface area contributed by atoms with Gasteiger partial charge in [-0.15, -0.1) is 0 Å². The highest BCUT2D eigenvalue weighted by Crippen LogP contribution is 2.28. The maximum atomic E-state index is 12.7. The van der Waals surface area contributed by atoms with Crippen LogP contribution in [0.5, 0.6) is 5.75 Å². The molecule has 6 nitrogen and oxygen atoms in total. The maximum Gasteiger partial charge on any atom is 0.265 e. The zero-order valence-corrected chi connectivity index (χ0v) is 15.3. The van der Waals surface area contributed by atoms with E-state index in [9.17, 15) is 9.59 Å².